The van der Waals surface area contributed by atoms with Gasteiger partial charge in [0.25, 0.3) is 0 Å². The molecule has 1 heterocycles. The second-order valence-corrected chi connectivity index (χ2v) is 5.21. The van der Waals surface area contributed by atoms with Gasteiger partial charge in [-0.2, -0.15) is 10.5 Å². The molecule has 1 aliphatic rings. The number of amides is 1. The van der Waals surface area contributed by atoms with Crippen LogP contribution in [0, 0.1) is 28.6 Å². The molecule has 0 radical (unpaired) electrons. The van der Waals surface area contributed by atoms with Gasteiger partial charge < -0.3 is 10.2 Å². The number of piperidine rings is 1. The first kappa shape index (κ1) is 15.0. The van der Waals surface area contributed by atoms with E-state index in [2.05, 4.69) is 22.4 Å². The quantitative estimate of drug-likeness (QED) is 0.917. The van der Waals surface area contributed by atoms with Crippen molar-refractivity contribution in [3.8, 4) is 12.1 Å². The maximum Gasteiger partial charge on any atom is 0.227 e. The lowest BCUT2D eigenvalue weighted by Gasteiger charge is -2.30. The molecule has 0 aliphatic carbocycles. The molecule has 1 aliphatic heterocycles. The first-order chi connectivity index (χ1) is 10.2. The second kappa shape index (κ2) is 7.42. The number of nitrogens with zero attached hydrogens (tertiary/aromatic N) is 3. The highest BCUT2D eigenvalue weighted by Gasteiger charge is 2.24. The molecule has 2 rings (SSSR count). The predicted molar refractivity (Wildman–Crippen MR) is 79.2 cm³/mol. The van der Waals surface area contributed by atoms with Crippen LogP contribution in [-0.2, 0) is 4.79 Å². The summed E-state index contributed by atoms with van der Waals surface area (Å²) in [6.45, 7) is 2.51. The molecule has 1 fully saturated rings. The van der Waals surface area contributed by atoms with Gasteiger partial charge in [0.2, 0.25) is 5.91 Å². The first-order valence-corrected chi connectivity index (χ1v) is 7.13. The summed E-state index contributed by atoms with van der Waals surface area (Å²) >= 11 is 0. The molecule has 1 N–H and O–H groups in total. The Balaban J connectivity index is 1.85. The van der Waals surface area contributed by atoms with Crippen molar-refractivity contribution in [1.29, 1.82) is 10.5 Å². The fourth-order valence-electron chi connectivity index (χ4n) is 2.54. The summed E-state index contributed by atoms with van der Waals surface area (Å²) in [6.07, 6.45) is 2.17. The molecule has 0 atom stereocenters. The normalized spacial score (nSPS) is 15.9. The van der Waals surface area contributed by atoms with Gasteiger partial charge >= 0.3 is 0 Å². The van der Waals surface area contributed by atoms with E-state index in [0.29, 0.717) is 17.7 Å². The van der Waals surface area contributed by atoms with E-state index in [1.165, 1.54) is 0 Å². The molecule has 0 saturated carbocycles. The Morgan fingerprint density at radius 1 is 1.33 bits per heavy atom. The lowest BCUT2D eigenvalue weighted by molar-refractivity contribution is -0.121. The van der Waals surface area contributed by atoms with E-state index < -0.39 is 0 Å². The van der Waals surface area contributed by atoms with Gasteiger partial charge in [0, 0.05) is 24.6 Å². The van der Waals surface area contributed by atoms with Crippen LogP contribution in [0.3, 0.4) is 0 Å². The zero-order valence-electron chi connectivity index (χ0n) is 11.9. The van der Waals surface area contributed by atoms with Gasteiger partial charge in [-0.15, -0.1) is 0 Å². The monoisotopic (exact) mass is 282 g/mol. The van der Waals surface area contributed by atoms with Crippen LogP contribution >= 0.6 is 0 Å². The van der Waals surface area contributed by atoms with Crippen LogP contribution in [0.15, 0.2) is 24.3 Å². The smallest absolute Gasteiger partial charge is 0.227 e. The lowest BCUT2D eigenvalue weighted by Crippen LogP contribution is -2.38. The van der Waals surface area contributed by atoms with Crippen molar-refractivity contribution in [3.05, 3.63) is 29.8 Å². The molecule has 0 unspecified atom stereocenters. The maximum atomic E-state index is 12.2. The summed E-state index contributed by atoms with van der Waals surface area (Å²) in [4.78, 5) is 14.4. The molecule has 21 heavy (non-hydrogen) atoms. The van der Waals surface area contributed by atoms with Crippen LogP contribution < -0.4 is 5.32 Å². The van der Waals surface area contributed by atoms with E-state index >= 15 is 0 Å². The van der Waals surface area contributed by atoms with Gasteiger partial charge in [-0.1, -0.05) is 6.07 Å². The van der Waals surface area contributed by atoms with Crippen molar-refractivity contribution in [1.82, 2.24) is 4.90 Å². The summed E-state index contributed by atoms with van der Waals surface area (Å²) in [7, 11) is 0. The average molecular weight is 282 g/mol. The van der Waals surface area contributed by atoms with Crippen LogP contribution in [0.25, 0.3) is 0 Å². The topological polar surface area (TPSA) is 79.9 Å². The van der Waals surface area contributed by atoms with Crippen LogP contribution in [0.5, 0.6) is 0 Å². The summed E-state index contributed by atoms with van der Waals surface area (Å²) in [5.74, 6) is 0.0269. The standard InChI is InChI=1S/C16H18N4O/c17-7-2-8-20-9-5-14(6-10-20)16(21)19-15-4-1-3-13(11-15)12-18/h1,3-4,11,14H,2,5-6,8-10H2,(H,19,21). The third-order valence-corrected chi connectivity index (χ3v) is 3.76. The zero-order chi connectivity index (χ0) is 15.1. The van der Waals surface area contributed by atoms with Crippen molar-refractivity contribution >= 4 is 11.6 Å². The first-order valence-electron chi connectivity index (χ1n) is 7.13. The summed E-state index contributed by atoms with van der Waals surface area (Å²) in [5, 5.41) is 20.3. The number of anilines is 1. The van der Waals surface area contributed by atoms with Gasteiger partial charge in [0.15, 0.2) is 0 Å². The number of carbonyl (C=O) groups is 1. The van der Waals surface area contributed by atoms with Gasteiger partial charge in [0.1, 0.15) is 0 Å². The van der Waals surface area contributed by atoms with Crippen LogP contribution in [0.2, 0.25) is 0 Å². The fourth-order valence-corrected chi connectivity index (χ4v) is 2.54. The summed E-state index contributed by atoms with van der Waals surface area (Å²) in [6, 6.07) is 11.2. The predicted octanol–water partition coefficient (Wildman–Crippen LogP) is 2.12. The van der Waals surface area contributed by atoms with Gasteiger partial charge in [0.05, 0.1) is 17.7 Å². The van der Waals surface area contributed by atoms with Crippen molar-refractivity contribution in [2.75, 3.05) is 25.0 Å². The minimum Gasteiger partial charge on any atom is -0.326 e. The van der Waals surface area contributed by atoms with E-state index in [0.717, 1.165) is 32.5 Å². The number of hydrogen-bond acceptors (Lipinski definition) is 4. The minimum atomic E-state index is 0.00841. The molecule has 0 spiro atoms. The van der Waals surface area contributed by atoms with E-state index in [4.69, 9.17) is 10.5 Å². The second-order valence-electron chi connectivity index (χ2n) is 5.21. The minimum absolute atomic E-state index is 0.00841. The molecular weight excluding hydrogens is 264 g/mol. The third kappa shape index (κ3) is 4.30. The van der Waals surface area contributed by atoms with Gasteiger partial charge in [-0.3, -0.25) is 4.79 Å². The Kier molecular flexibility index (Phi) is 5.31. The zero-order valence-corrected chi connectivity index (χ0v) is 11.9. The molecule has 1 amide bonds. The summed E-state index contributed by atoms with van der Waals surface area (Å²) < 4.78 is 0. The molecule has 5 heteroatoms. The maximum absolute atomic E-state index is 12.2. The van der Waals surface area contributed by atoms with E-state index in [-0.39, 0.29) is 11.8 Å². The Labute approximate surface area is 124 Å². The highest BCUT2D eigenvalue weighted by molar-refractivity contribution is 5.92. The lowest BCUT2D eigenvalue weighted by atomic mass is 9.95. The Morgan fingerprint density at radius 3 is 2.76 bits per heavy atom. The number of nitriles is 2. The SMILES string of the molecule is N#CCCN1CCC(C(=O)Nc2cccc(C#N)c2)CC1. The van der Waals surface area contributed by atoms with Crippen LogP contribution in [-0.4, -0.2) is 30.4 Å². The molecule has 0 bridgehead atoms. The third-order valence-electron chi connectivity index (χ3n) is 3.76. The number of benzene rings is 1. The number of nitrogens with one attached hydrogen (secondary N) is 1. The number of hydrogen-bond donors (Lipinski definition) is 1. The van der Waals surface area contributed by atoms with E-state index in [9.17, 15) is 4.79 Å². The van der Waals surface area contributed by atoms with E-state index in [1.54, 1.807) is 24.3 Å². The highest BCUT2D eigenvalue weighted by Crippen LogP contribution is 2.20. The van der Waals surface area contributed by atoms with Crippen molar-refractivity contribution in [2.45, 2.75) is 19.3 Å². The average Bonchev–Trinajstić information content (AvgIpc) is 2.53. The van der Waals surface area contributed by atoms with Gasteiger partial charge in [-0.05, 0) is 44.1 Å². The van der Waals surface area contributed by atoms with Gasteiger partial charge in [-0.25, -0.2) is 0 Å². The summed E-state index contributed by atoms with van der Waals surface area (Å²) in [5.41, 5.74) is 1.21. The highest BCUT2D eigenvalue weighted by atomic mass is 16.1. The van der Waals surface area contributed by atoms with Crippen molar-refractivity contribution in [3.63, 3.8) is 0 Å². The fraction of sp³-hybridized carbons (Fsp3) is 0.438. The van der Waals surface area contributed by atoms with Crippen LogP contribution in [0.1, 0.15) is 24.8 Å². The number of rotatable bonds is 4. The molecule has 1 saturated heterocycles. The van der Waals surface area contributed by atoms with Crippen LogP contribution in [0.4, 0.5) is 5.69 Å². The molecule has 1 aromatic carbocycles. The molecular formula is C16H18N4O. The van der Waals surface area contributed by atoms with Crippen molar-refractivity contribution < 1.29 is 4.79 Å². The molecule has 1 aromatic rings. The molecule has 108 valence electrons. The molecule has 5 nitrogen and oxygen atoms in total. The molecule has 0 aromatic heterocycles. The van der Waals surface area contributed by atoms with E-state index in [1.807, 2.05) is 0 Å². The Morgan fingerprint density at radius 2 is 2.10 bits per heavy atom. The Hall–Kier alpha value is -2.37. The van der Waals surface area contributed by atoms with Crippen molar-refractivity contribution in [2.24, 2.45) is 5.92 Å². The Bertz CT molecular complexity index is 577. The number of carbonyl (C=O) groups excluding carboxylic acids is 1. The largest absolute Gasteiger partial charge is 0.326 e. The number of likely N-dealkylation sites (tertiary alicyclic amines) is 1.